The molecular weight excluding hydrogens is 370 g/mol. The Morgan fingerprint density at radius 2 is 1.86 bits per heavy atom. The molecule has 0 aliphatic heterocycles. The van der Waals surface area contributed by atoms with Crippen molar-refractivity contribution < 1.29 is 10.0 Å². The molecule has 0 radical (unpaired) electrons. The van der Waals surface area contributed by atoms with E-state index in [9.17, 15) is 14.8 Å². The van der Waals surface area contributed by atoms with Crippen LogP contribution >= 0.6 is 0 Å². The molecule has 0 saturated heterocycles. The fraction of sp³-hybridized carbons (Fsp3) is 0.0476. The Morgan fingerprint density at radius 1 is 1.07 bits per heavy atom. The van der Waals surface area contributed by atoms with Crippen molar-refractivity contribution in [2.75, 3.05) is 5.32 Å². The van der Waals surface area contributed by atoms with Gasteiger partial charge in [-0.3, -0.25) is 4.79 Å². The number of rotatable bonds is 5. The number of pyridine rings is 1. The Hall–Kier alpha value is -4.20. The smallest absolute Gasteiger partial charge is 0.384 e. The fourth-order valence-corrected chi connectivity index (χ4v) is 3.03. The highest BCUT2D eigenvalue weighted by Crippen LogP contribution is 2.22. The summed E-state index contributed by atoms with van der Waals surface area (Å²) in [6.07, 6.45) is 1.49. The zero-order valence-electron chi connectivity index (χ0n) is 15.2. The molecule has 144 valence electrons. The fourth-order valence-electron chi connectivity index (χ4n) is 3.03. The Morgan fingerprint density at radius 3 is 2.62 bits per heavy atom. The summed E-state index contributed by atoms with van der Waals surface area (Å²) < 4.78 is 0.426. The van der Waals surface area contributed by atoms with Crippen molar-refractivity contribution in [3.8, 4) is 11.1 Å². The maximum Gasteiger partial charge on any atom is 0.384 e. The molecule has 4 N–H and O–H groups in total. The van der Waals surface area contributed by atoms with E-state index in [1.165, 1.54) is 6.20 Å². The molecule has 0 bridgehead atoms. The van der Waals surface area contributed by atoms with Crippen LogP contribution in [0.15, 0.2) is 71.7 Å². The molecule has 0 unspecified atom stereocenters. The van der Waals surface area contributed by atoms with Gasteiger partial charge in [-0.1, -0.05) is 36.4 Å². The number of carbonyl (C=O) groups is 1. The van der Waals surface area contributed by atoms with Gasteiger partial charge in [0.1, 0.15) is 5.82 Å². The van der Waals surface area contributed by atoms with Gasteiger partial charge in [0, 0.05) is 18.3 Å². The SMILES string of the molecule is NC(=O)c1cccc(-c2ccc(CNc3nc(=O)n(O)c4ncccc34)cc2)c1. The topological polar surface area (TPSA) is 123 Å². The van der Waals surface area contributed by atoms with Crippen LogP contribution in [-0.2, 0) is 6.54 Å². The normalized spacial score (nSPS) is 10.8. The Bertz CT molecular complexity index is 1270. The number of nitrogens with two attached hydrogens (primary N) is 1. The van der Waals surface area contributed by atoms with Gasteiger partial charge >= 0.3 is 5.69 Å². The van der Waals surface area contributed by atoms with Gasteiger partial charge in [-0.25, -0.2) is 9.78 Å². The second kappa shape index (κ2) is 7.43. The zero-order chi connectivity index (χ0) is 20.4. The molecule has 1 amide bonds. The first-order chi connectivity index (χ1) is 14.0. The first-order valence-corrected chi connectivity index (χ1v) is 8.83. The molecule has 4 rings (SSSR count). The largest absolute Gasteiger partial charge is 0.422 e. The van der Waals surface area contributed by atoms with Crippen LogP contribution in [0.2, 0.25) is 0 Å². The first-order valence-electron chi connectivity index (χ1n) is 8.83. The van der Waals surface area contributed by atoms with Crippen molar-refractivity contribution >= 4 is 22.8 Å². The van der Waals surface area contributed by atoms with Crippen LogP contribution in [0.5, 0.6) is 0 Å². The lowest BCUT2D eigenvalue weighted by molar-refractivity contribution is 0.100. The molecule has 0 atom stereocenters. The van der Waals surface area contributed by atoms with E-state index in [4.69, 9.17) is 5.73 Å². The highest BCUT2D eigenvalue weighted by Gasteiger charge is 2.10. The monoisotopic (exact) mass is 387 g/mol. The minimum Gasteiger partial charge on any atom is -0.422 e. The van der Waals surface area contributed by atoms with Crippen LogP contribution in [0.3, 0.4) is 0 Å². The van der Waals surface area contributed by atoms with Crippen molar-refractivity contribution in [2.45, 2.75) is 6.54 Å². The van der Waals surface area contributed by atoms with E-state index in [0.29, 0.717) is 28.0 Å². The number of hydrogen-bond donors (Lipinski definition) is 3. The molecule has 0 fully saturated rings. The van der Waals surface area contributed by atoms with Crippen LogP contribution in [0.1, 0.15) is 15.9 Å². The summed E-state index contributed by atoms with van der Waals surface area (Å²) in [5.74, 6) is -0.117. The zero-order valence-corrected chi connectivity index (χ0v) is 15.2. The van der Waals surface area contributed by atoms with Crippen LogP contribution in [0.4, 0.5) is 5.82 Å². The number of carbonyl (C=O) groups excluding carboxylic acids is 1. The minimum atomic E-state index is -0.802. The molecule has 2 aromatic carbocycles. The van der Waals surface area contributed by atoms with E-state index in [1.54, 1.807) is 30.3 Å². The predicted octanol–water partition coefficient (Wildman–Crippen LogP) is 2.41. The van der Waals surface area contributed by atoms with Gasteiger partial charge in [-0.05, 0) is 41.0 Å². The van der Waals surface area contributed by atoms with Crippen molar-refractivity contribution in [2.24, 2.45) is 5.73 Å². The van der Waals surface area contributed by atoms with Gasteiger partial charge in [0.25, 0.3) is 0 Å². The van der Waals surface area contributed by atoms with Gasteiger partial charge in [0.2, 0.25) is 5.91 Å². The maximum atomic E-state index is 11.8. The average molecular weight is 387 g/mol. The molecule has 2 aromatic heterocycles. The van der Waals surface area contributed by atoms with Gasteiger partial charge in [-0.15, -0.1) is 4.73 Å². The standard InChI is InChI=1S/C21H17N5O3/c22-18(27)16-4-1-3-15(11-16)14-8-6-13(7-9-14)12-24-19-17-5-2-10-23-20(17)26(29)21(28)25-19/h1-11,29H,12H2,(H2,22,27)(H,24,25,28). The lowest BCUT2D eigenvalue weighted by atomic mass is 10.0. The molecule has 8 heteroatoms. The third-order valence-corrected chi connectivity index (χ3v) is 4.53. The summed E-state index contributed by atoms with van der Waals surface area (Å²) in [5.41, 5.74) is 7.95. The molecule has 0 spiro atoms. The second-order valence-electron chi connectivity index (χ2n) is 6.42. The van der Waals surface area contributed by atoms with Gasteiger partial charge in [0.05, 0.1) is 5.39 Å². The van der Waals surface area contributed by atoms with Gasteiger partial charge in [-0.2, -0.15) is 4.98 Å². The van der Waals surface area contributed by atoms with Crippen molar-refractivity contribution in [3.05, 3.63) is 88.5 Å². The Labute approximate surface area is 165 Å². The van der Waals surface area contributed by atoms with Gasteiger partial charge < -0.3 is 16.3 Å². The van der Waals surface area contributed by atoms with E-state index in [-0.39, 0.29) is 5.65 Å². The van der Waals surface area contributed by atoms with Crippen molar-refractivity contribution in [3.63, 3.8) is 0 Å². The van der Waals surface area contributed by atoms with Crippen LogP contribution < -0.4 is 16.7 Å². The van der Waals surface area contributed by atoms with Crippen molar-refractivity contribution in [1.82, 2.24) is 14.7 Å². The van der Waals surface area contributed by atoms with Crippen molar-refractivity contribution in [1.29, 1.82) is 0 Å². The van der Waals surface area contributed by atoms with Crippen LogP contribution in [0.25, 0.3) is 22.2 Å². The van der Waals surface area contributed by atoms with E-state index >= 15 is 0 Å². The number of benzene rings is 2. The molecule has 0 aliphatic rings. The third-order valence-electron chi connectivity index (χ3n) is 4.53. The quantitative estimate of drug-likeness (QED) is 0.452. The lowest BCUT2D eigenvalue weighted by Crippen LogP contribution is -2.23. The molecule has 0 saturated carbocycles. The number of hydrogen-bond acceptors (Lipinski definition) is 6. The number of nitrogens with zero attached hydrogens (tertiary/aromatic N) is 3. The second-order valence-corrected chi connectivity index (χ2v) is 6.42. The number of fused-ring (bicyclic) bond motifs is 1. The van der Waals surface area contributed by atoms with E-state index < -0.39 is 11.6 Å². The number of anilines is 1. The number of amides is 1. The molecular formula is C21H17N5O3. The molecule has 29 heavy (non-hydrogen) atoms. The Kier molecular flexibility index (Phi) is 4.66. The van der Waals surface area contributed by atoms with E-state index in [1.807, 2.05) is 30.3 Å². The molecule has 4 aromatic rings. The minimum absolute atomic E-state index is 0.139. The van der Waals surface area contributed by atoms with Crippen LogP contribution in [-0.4, -0.2) is 25.8 Å². The highest BCUT2D eigenvalue weighted by molar-refractivity contribution is 5.94. The summed E-state index contributed by atoms with van der Waals surface area (Å²) in [7, 11) is 0. The summed E-state index contributed by atoms with van der Waals surface area (Å²) in [6, 6.07) is 18.3. The summed E-state index contributed by atoms with van der Waals surface area (Å²) in [4.78, 5) is 31.1. The molecule has 2 heterocycles. The number of aromatic nitrogens is 3. The number of nitrogens with one attached hydrogen (secondary N) is 1. The third kappa shape index (κ3) is 3.63. The molecule has 0 aliphatic carbocycles. The van der Waals surface area contributed by atoms with Gasteiger partial charge in [0.15, 0.2) is 5.65 Å². The number of primary amides is 1. The first kappa shape index (κ1) is 18.2. The Balaban J connectivity index is 1.56. The van der Waals surface area contributed by atoms with E-state index in [2.05, 4.69) is 15.3 Å². The molecule has 8 nitrogen and oxygen atoms in total. The summed E-state index contributed by atoms with van der Waals surface area (Å²) in [5, 5.41) is 13.4. The van der Waals surface area contributed by atoms with Crippen LogP contribution in [0, 0.1) is 0 Å². The van der Waals surface area contributed by atoms with E-state index in [0.717, 1.165) is 16.7 Å². The lowest BCUT2D eigenvalue weighted by Gasteiger charge is -2.10. The average Bonchev–Trinajstić information content (AvgIpc) is 2.76. The summed E-state index contributed by atoms with van der Waals surface area (Å²) in [6.45, 7) is 0.424. The predicted molar refractivity (Wildman–Crippen MR) is 109 cm³/mol. The maximum absolute atomic E-state index is 11.8. The summed E-state index contributed by atoms with van der Waals surface area (Å²) >= 11 is 0. The highest BCUT2D eigenvalue weighted by atomic mass is 16.5.